The molecule has 3 rings (SSSR count). The van der Waals surface area contributed by atoms with Crippen LogP contribution in [0, 0.1) is 0 Å². The van der Waals surface area contributed by atoms with E-state index in [1.165, 1.54) is 5.56 Å². The predicted molar refractivity (Wildman–Crippen MR) is 86.7 cm³/mol. The lowest BCUT2D eigenvalue weighted by molar-refractivity contribution is -0.00805. The Bertz CT molecular complexity index is 549. The van der Waals surface area contributed by atoms with Gasteiger partial charge in [-0.05, 0) is 49.2 Å². The predicted octanol–water partition coefficient (Wildman–Crippen LogP) is 4.20. The average Bonchev–Trinajstić information content (AvgIpc) is 2.55. The SMILES string of the molecule is Clc1ccc([C@H](OC2CCNCC2)c2ccccc2)cc1. The summed E-state index contributed by atoms with van der Waals surface area (Å²) in [5.74, 6) is 0. The number of nitrogens with one attached hydrogen (secondary N) is 1. The number of piperidine rings is 1. The van der Waals surface area contributed by atoms with Gasteiger partial charge in [0.1, 0.15) is 6.10 Å². The second kappa shape index (κ2) is 7.08. The van der Waals surface area contributed by atoms with E-state index in [1.54, 1.807) is 0 Å². The lowest BCUT2D eigenvalue weighted by Crippen LogP contribution is -2.33. The fraction of sp³-hybridized carbons (Fsp3) is 0.333. The third kappa shape index (κ3) is 3.85. The molecule has 1 heterocycles. The van der Waals surface area contributed by atoms with Crippen LogP contribution in [0.3, 0.4) is 0 Å². The molecule has 0 unspecified atom stereocenters. The number of hydrogen-bond donors (Lipinski definition) is 1. The van der Waals surface area contributed by atoms with Crippen LogP contribution in [0.1, 0.15) is 30.1 Å². The van der Waals surface area contributed by atoms with Crippen LogP contribution in [0.5, 0.6) is 0 Å². The van der Waals surface area contributed by atoms with Gasteiger partial charge in [-0.2, -0.15) is 0 Å². The summed E-state index contributed by atoms with van der Waals surface area (Å²) in [6.45, 7) is 2.07. The minimum Gasteiger partial charge on any atom is -0.365 e. The normalized spacial score (nSPS) is 17.6. The van der Waals surface area contributed by atoms with E-state index in [9.17, 15) is 0 Å². The van der Waals surface area contributed by atoms with Gasteiger partial charge < -0.3 is 10.1 Å². The molecule has 2 nitrogen and oxygen atoms in total. The molecular weight excluding hydrogens is 282 g/mol. The fourth-order valence-electron chi connectivity index (χ4n) is 2.74. The summed E-state index contributed by atoms with van der Waals surface area (Å²) in [5.41, 5.74) is 2.35. The Kier molecular flexibility index (Phi) is 4.91. The Labute approximate surface area is 131 Å². The third-order valence-corrected chi connectivity index (χ3v) is 4.14. The Morgan fingerprint density at radius 2 is 1.52 bits per heavy atom. The van der Waals surface area contributed by atoms with E-state index in [2.05, 4.69) is 41.7 Å². The second-order valence-electron chi connectivity index (χ2n) is 5.43. The van der Waals surface area contributed by atoms with E-state index >= 15 is 0 Å². The van der Waals surface area contributed by atoms with E-state index in [0.717, 1.165) is 36.5 Å². The van der Waals surface area contributed by atoms with Crippen molar-refractivity contribution in [2.75, 3.05) is 13.1 Å². The first kappa shape index (κ1) is 14.6. The molecule has 1 fully saturated rings. The van der Waals surface area contributed by atoms with Gasteiger partial charge in [0.2, 0.25) is 0 Å². The van der Waals surface area contributed by atoms with Gasteiger partial charge in [-0.15, -0.1) is 0 Å². The summed E-state index contributed by atoms with van der Waals surface area (Å²) in [4.78, 5) is 0. The molecule has 0 saturated carbocycles. The molecule has 110 valence electrons. The molecule has 21 heavy (non-hydrogen) atoms. The number of rotatable bonds is 4. The van der Waals surface area contributed by atoms with E-state index in [-0.39, 0.29) is 6.10 Å². The maximum atomic E-state index is 6.42. The number of hydrogen-bond acceptors (Lipinski definition) is 2. The number of halogens is 1. The highest BCUT2D eigenvalue weighted by atomic mass is 35.5. The highest BCUT2D eigenvalue weighted by molar-refractivity contribution is 6.30. The highest BCUT2D eigenvalue weighted by Crippen LogP contribution is 2.30. The van der Waals surface area contributed by atoms with Crippen LogP contribution >= 0.6 is 11.6 Å². The van der Waals surface area contributed by atoms with Crippen molar-refractivity contribution in [3.63, 3.8) is 0 Å². The lowest BCUT2D eigenvalue weighted by Gasteiger charge is -2.28. The summed E-state index contributed by atoms with van der Waals surface area (Å²) in [7, 11) is 0. The molecule has 0 spiro atoms. The van der Waals surface area contributed by atoms with E-state index in [0.29, 0.717) is 6.10 Å². The first-order valence-corrected chi connectivity index (χ1v) is 7.87. The van der Waals surface area contributed by atoms with Crippen molar-refractivity contribution in [3.8, 4) is 0 Å². The Balaban J connectivity index is 1.85. The van der Waals surface area contributed by atoms with Crippen LogP contribution in [0.25, 0.3) is 0 Å². The van der Waals surface area contributed by atoms with E-state index in [4.69, 9.17) is 16.3 Å². The van der Waals surface area contributed by atoms with Crippen LogP contribution in [0.4, 0.5) is 0 Å². The average molecular weight is 302 g/mol. The van der Waals surface area contributed by atoms with E-state index < -0.39 is 0 Å². The van der Waals surface area contributed by atoms with Gasteiger partial charge in [0.15, 0.2) is 0 Å². The molecular formula is C18H20ClNO. The van der Waals surface area contributed by atoms with Gasteiger partial charge in [-0.3, -0.25) is 0 Å². The van der Waals surface area contributed by atoms with E-state index in [1.807, 2.05) is 18.2 Å². The van der Waals surface area contributed by atoms with Crippen molar-refractivity contribution < 1.29 is 4.74 Å². The van der Waals surface area contributed by atoms with Crippen molar-refractivity contribution in [1.82, 2.24) is 5.32 Å². The molecule has 0 amide bonds. The van der Waals surface area contributed by atoms with Gasteiger partial charge in [0.05, 0.1) is 6.10 Å². The fourth-order valence-corrected chi connectivity index (χ4v) is 2.86. The smallest absolute Gasteiger partial charge is 0.108 e. The molecule has 1 aliphatic heterocycles. The second-order valence-corrected chi connectivity index (χ2v) is 5.86. The van der Waals surface area contributed by atoms with Crippen LogP contribution < -0.4 is 5.32 Å². The number of benzene rings is 2. The standard InChI is InChI=1S/C18H20ClNO/c19-16-8-6-15(7-9-16)18(14-4-2-1-3-5-14)21-17-10-12-20-13-11-17/h1-9,17-18,20H,10-13H2/t18-/m1/s1. The first-order chi connectivity index (χ1) is 10.3. The van der Waals surface area contributed by atoms with Crippen molar-refractivity contribution in [3.05, 3.63) is 70.7 Å². The third-order valence-electron chi connectivity index (χ3n) is 3.89. The van der Waals surface area contributed by atoms with Crippen LogP contribution in [0.2, 0.25) is 5.02 Å². The Morgan fingerprint density at radius 1 is 0.905 bits per heavy atom. The maximum Gasteiger partial charge on any atom is 0.108 e. The number of ether oxygens (including phenoxy) is 1. The zero-order valence-corrected chi connectivity index (χ0v) is 12.7. The van der Waals surface area contributed by atoms with Gasteiger partial charge >= 0.3 is 0 Å². The quantitative estimate of drug-likeness (QED) is 0.914. The van der Waals surface area contributed by atoms with Crippen LogP contribution in [-0.4, -0.2) is 19.2 Å². The van der Waals surface area contributed by atoms with Crippen molar-refractivity contribution in [1.29, 1.82) is 0 Å². The van der Waals surface area contributed by atoms with Gasteiger partial charge in [0.25, 0.3) is 0 Å². The molecule has 1 saturated heterocycles. The molecule has 0 radical (unpaired) electrons. The van der Waals surface area contributed by atoms with Gasteiger partial charge in [-0.1, -0.05) is 54.1 Å². The van der Waals surface area contributed by atoms with Crippen LogP contribution in [-0.2, 0) is 4.74 Å². The molecule has 3 heteroatoms. The maximum absolute atomic E-state index is 6.42. The molecule has 1 N–H and O–H groups in total. The Morgan fingerprint density at radius 3 is 2.19 bits per heavy atom. The lowest BCUT2D eigenvalue weighted by atomic mass is 10.0. The van der Waals surface area contributed by atoms with Gasteiger partial charge in [-0.25, -0.2) is 0 Å². The molecule has 2 aromatic carbocycles. The van der Waals surface area contributed by atoms with Crippen molar-refractivity contribution in [2.24, 2.45) is 0 Å². The highest BCUT2D eigenvalue weighted by Gasteiger charge is 2.21. The zero-order chi connectivity index (χ0) is 14.5. The molecule has 0 aromatic heterocycles. The topological polar surface area (TPSA) is 21.3 Å². The molecule has 0 aliphatic carbocycles. The monoisotopic (exact) mass is 301 g/mol. The molecule has 2 aromatic rings. The van der Waals surface area contributed by atoms with Gasteiger partial charge in [0, 0.05) is 5.02 Å². The summed E-state index contributed by atoms with van der Waals surface area (Å²) >= 11 is 6.01. The largest absolute Gasteiger partial charge is 0.365 e. The minimum atomic E-state index is -0.0217. The van der Waals surface area contributed by atoms with Crippen molar-refractivity contribution >= 4 is 11.6 Å². The van der Waals surface area contributed by atoms with Crippen molar-refractivity contribution in [2.45, 2.75) is 25.0 Å². The minimum absolute atomic E-state index is 0.0217. The summed E-state index contributed by atoms with van der Waals surface area (Å²) < 4.78 is 6.42. The zero-order valence-electron chi connectivity index (χ0n) is 12.0. The molecule has 1 aliphatic rings. The molecule has 0 bridgehead atoms. The summed E-state index contributed by atoms with van der Waals surface area (Å²) in [6, 6.07) is 18.4. The Hall–Kier alpha value is -1.35. The summed E-state index contributed by atoms with van der Waals surface area (Å²) in [6.07, 6.45) is 2.42. The first-order valence-electron chi connectivity index (χ1n) is 7.49. The van der Waals surface area contributed by atoms with Crippen LogP contribution in [0.15, 0.2) is 54.6 Å². The summed E-state index contributed by atoms with van der Waals surface area (Å²) in [5, 5.41) is 4.13. The molecule has 1 atom stereocenters.